The van der Waals surface area contributed by atoms with Crippen LogP contribution in [0.1, 0.15) is 22.3 Å². The van der Waals surface area contributed by atoms with E-state index in [0.29, 0.717) is 22.0 Å². The van der Waals surface area contributed by atoms with Gasteiger partial charge in [-0.2, -0.15) is 0 Å². The molecule has 32 heavy (non-hydrogen) atoms. The van der Waals surface area contributed by atoms with Crippen molar-refractivity contribution in [3.63, 3.8) is 0 Å². The Morgan fingerprint density at radius 1 is 1.00 bits per heavy atom. The molecule has 1 aliphatic rings. The standard InChI is InChI=1S/C24H18Cl2N2O3S/c1-14-2-7-17(8-3-14)28-22(29)13-21(24(28)31)32-18-9-5-16(6-10-18)27-23(30)19-11-4-15(25)12-20(19)26/h2-12,21H,13H2,1H3,(H,27,30)/t21-/m0/s1. The predicted molar refractivity (Wildman–Crippen MR) is 129 cm³/mol. The zero-order chi connectivity index (χ0) is 22.8. The molecule has 5 nitrogen and oxygen atoms in total. The lowest BCUT2D eigenvalue weighted by Crippen LogP contribution is -2.31. The number of hydrogen-bond donors (Lipinski definition) is 1. The number of anilines is 2. The second-order valence-corrected chi connectivity index (χ2v) is 9.44. The summed E-state index contributed by atoms with van der Waals surface area (Å²) in [7, 11) is 0. The van der Waals surface area contributed by atoms with Crippen LogP contribution in [0.4, 0.5) is 11.4 Å². The summed E-state index contributed by atoms with van der Waals surface area (Å²) in [5.74, 6) is -0.781. The minimum atomic E-state index is -0.489. The number of rotatable bonds is 5. The fraction of sp³-hybridized carbons (Fsp3) is 0.125. The Hall–Kier alpha value is -2.80. The molecule has 1 N–H and O–H groups in total. The predicted octanol–water partition coefficient (Wildman–Crippen LogP) is 5.98. The Bertz CT molecular complexity index is 1200. The lowest BCUT2D eigenvalue weighted by atomic mass is 10.2. The highest BCUT2D eigenvalue weighted by atomic mass is 35.5. The summed E-state index contributed by atoms with van der Waals surface area (Å²) in [6.07, 6.45) is 0.144. The molecule has 0 bridgehead atoms. The van der Waals surface area contributed by atoms with Crippen LogP contribution < -0.4 is 10.2 Å². The van der Waals surface area contributed by atoms with Gasteiger partial charge in [0.1, 0.15) is 0 Å². The number of aryl methyl sites for hydroxylation is 1. The average Bonchev–Trinajstić information content (AvgIpc) is 3.03. The van der Waals surface area contributed by atoms with Crippen molar-refractivity contribution >= 4 is 64.1 Å². The topological polar surface area (TPSA) is 66.5 Å². The van der Waals surface area contributed by atoms with Crippen LogP contribution in [0.2, 0.25) is 10.0 Å². The van der Waals surface area contributed by atoms with Gasteiger partial charge in [-0.15, -0.1) is 11.8 Å². The van der Waals surface area contributed by atoms with Gasteiger partial charge in [-0.1, -0.05) is 40.9 Å². The summed E-state index contributed by atoms with van der Waals surface area (Å²) in [5.41, 5.74) is 2.55. The first-order chi connectivity index (χ1) is 15.3. The average molecular weight is 485 g/mol. The van der Waals surface area contributed by atoms with Crippen molar-refractivity contribution in [1.29, 1.82) is 0 Å². The van der Waals surface area contributed by atoms with Gasteiger partial charge >= 0.3 is 0 Å². The number of hydrogen-bond acceptors (Lipinski definition) is 4. The van der Waals surface area contributed by atoms with Crippen molar-refractivity contribution in [2.45, 2.75) is 23.5 Å². The summed E-state index contributed by atoms with van der Waals surface area (Å²) in [4.78, 5) is 39.8. The van der Waals surface area contributed by atoms with Crippen LogP contribution in [0.5, 0.6) is 0 Å². The maximum Gasteiger partial charge on any atom is 0.257 e. The molecule has 3 aromatic carbocycles. The normalized spacial score (nSPS) is 15.8. The number of nitrogens with zero attached hydrogens (tertiary/aromatic N) is 1. The van der Waals surface area contributed by atoms with Crippen molar-refractivity contribution in [2.24, 2.45) is 0 Å². The van der Waals surface area contributed by atoms with E-state index in [1.54, 1.807) is 48.5 Å². The summed E-state index contributed by atoms with van der Waals surface area (Å²) in [6, 6.07) is 19.1. The highest BCUT2D eigenvalue weighted by Gasteiger charge is 2.40. The van der Waals surface area contributed by atoms with E-state index in [1.165, 1.54) is 22.7 Å². The van der Waals surface area contributed by atoms with Crippen LogP contribution in [0.15, 0.2) is 71.6 Å². The lowest BCUT2D eigenvalue weighted by molar-refractivity contribution is -0.121. The largest absolute Gasteiger partial charge is 0.322 e. The molecule has 3 aromatic rings. The van der Waals surface area contributed by atoms with Gasteiger partial charge in [0.25, 0.3) is 5.91 Å². The first-order valence-corrected chi connectivity index (χ1v) is 11.4. The van der Waals surface area contributed by atoms with E-state index in [9.17, 15) is 14.4 Å². The summed E-state index contributed by atoms with van der Waals surface area (Å²) >= 11 is 13.3. The third kappa shape index (κ3) is 4.83. The van der Waals surface area contributed by atoms with Gasteiger partial charge < -0.3 is 5.32 Å². The van der Waals surface area contributed by atoms with Crippen molar-refractivity contribution < 1.29 is 14.4 Å². The first-order valence-electron chi connectivity index (χ1n) is 9.78. The van der Waals surface area contributed by atoms with E-state index in [-0.39, 0.29) is 29.2 Å². The van der Waals surface area contributed by atoms with Gasteiger partial charge in [0.15, 0.2) is 0 Å². The maximum absolute atomic E-state index is 12.8. The van der Waals surface area contributed by atoms with Crippen LogP contribution in [0.3, 0.4) is 0 Å². The fourth-order valence-electron chi connectivity index (χ4n) is 3.31. The van der Waals surface area contributed by atoms with E-state index in [1.807, 2.05) is 19.1 Å². The molecular formula is C24H18Cl2N2O3S. The summed E-state index contributed by atoms with van der Waals surface area (Å²) in [5, 5.41) is 3.02. The second kappa shape index (κ2) is 9.36. The molecule has 1 saturated heterocycles. The van der Waals surface area contributed by atoms with Gasteiger partial charge in [-0.3, -0.25) is 14.4 Å². The molecule has 0 saturated carbocycles. The Labute approximate surface area is 199 Å². The Kier molecular flexibility index (Phi) is 6.55. The maximum atomic E-state index is 12.8. The number of carbonyl (C=O) groups is 3. The number of amides is 3. The Morgan fingerprint density at radius 2 is 1.69 bits per heavy atom. The minimum Gasteiger partial charge on any atom is -0.322 e. The molecule has 4 rings (SSSR count). The van der Waals surface area contributed by atoms with Crippen LogP contribution in [0.25, 0.3) is 0 Å². The van der Waals surface area contributed by atoms with Crippen LogP contribution >= 0.6 is 35.0 Å². The Morgan fingerprint density at radius 3 is 2.34 bits per heavy atom. The molecule has 1 heterocycles. The molecule has 1 atom stereocenters. The molecular weight excluding hydrogens is 467 g/mol. The number of carbonyl (C=O) groups excluding carboxylic acids is 3. The number of nitrogens with one attached hydrogen (secondary N) is 1. The zero-order valence-electron chi connectivity index (χ0n) is 17.0. The highest BCUT2D eigenvalue weighted by molar-refractivity contribution is 8.00. The minimum absolute atomic E-state index is 0.144. The molecule has 0 radical (unpaired) electrons. The third-order valence-corrected chi connectivity index (χ3v) is 6.71. The third-order valence-electron chi connectivity index (χ3n) is 4.96. The van der Waals surface area contributed by atoms with Gasteiger partial charge in [0.05, 0.1) is 21.5 Å². The number of halogens is 2. The van der Waals surface area contributed by atoms with E-state index < -0.39 is 5.25 Å². The zero-order valence-corrected chi connectivity index (χ0v) is 19.3. The Balaban J connectivity index is 1.41. The van der Waals surface area contributed by atoms with Gasteiger partial charge in [0, 0.05) is 22.0 Å². The molecule has 8 heteroatoms. The molecule has 1 fully saturated rings. The number of thioether (sulfide) groups is 1. The SMILES string of the molecule is Cc1ccc(N2C(=O)C[C@H](Sc3ccc(NC(=O)c4ccc(Cl)cc4Cl)cc3)C2=O)cc1. The lowest BCUT2D eigenvalue weighted by Gasteiger charge is -2.15. The molecule has 0 aliphatic carbocycles. The van der Waals surface area contributed by atoms with Gasteiger partial charge in [-0.05, 0) is 61.5 Å². The number of imide groups is 1. The molecule has 162 valence electrons. The van der Waals surface area contributed by atoms with E-state index in [0.717, 1.165) is 10.5 Å². The molecule has 1 aliphatic heterocycles. The summed E-state index contributed by atoms with van der Waals surface area (Å²) in [6.45, 7) is 1.95. The molecule has 0 aromatic heterocycles. The van der Waals surface area contributed by atoms with Crippen LogP contribution in [0, 0.1) is 6.92 Å². The van der Waals surface area contributed by atoms with Crippen molar-refractivity contribution in [3.8, 4) is 0 Å². The van der Waals surface area contributed by atoms with Crippen molar-refractivity contribution in [2.75, 3.05) is 10.2 Å². The van der Waals surface area contributed by atoms with Gasteiger partial charge in [-0.25, -0.2) is 4.90 Å². The monoisotopic (exact) mass is 484 g/mol. The quantitative estimate of drug-likeness (QED) is 0.452. The smallest absolute Gasteiger partial charge is 0.257 e. The van der Waals surface area contributed by atoms with E-state index in [4.69, 9.17) is 23.2 Å². The number of benzene rings is 3. The molecule has 3 amide bonds. The summed E-state index contributed by atoms with van der Waals surface area (Å²) < 4.78 is 0. The highest BCUT2D eigenvalue weighted by Crippen LogP contribution is 2.34. The van der Waals surface area contributed by atoms with E-state index in [2.05, 4.69) is 5.32 Å². The van der Waals surface area contributed by atoms with Gasteiger partial charge in [0.2, 0.25) is 11.8 Å². The van der Waals surface area contributed by atoms with Crippen LogP contribution in [-0.4, -0.2) is 23.0 Å². The molecule has 0 spiro atoms. The second-order valence-electron chi connectivity index (χ2n) is 7.32. The van der Waals surface area contributed by atoms with Crippen LogP contribution in [-0.2, 0) is 9.59 Å². The molecule has 0 unspecified atom stereocenters. The van der Waals surface area contributed by atoms with Crippen molar-refractivity contribution in [1.82, 2.24) is 0 Å². The first kappa shape index (κ1) is 22.4. The van der Waals surface area contributed by atoms with Crippen molar-refractivity contribution in [3.05, 3.63) is 87.9 Å². The van der Waals surface area contributed by atoms with E-state index >= 15 is 0 Å². The fourth-order valence-corrected chi connectivity index (χ4v) is 4.86.